The van der Waals surface area contributed by atoms with Gasteiger partial charge in [-0.3, -0.25) is 0 Å². The van der Waals surface area contributed by atoms with Gasteiger partial charge in [0, 0.05) is 21.3 Å². The molecule has 0 N–H and O–H groups in total. The van der Waals surface area contributed by atoms with Crippen LogP contribution >= 0.6 is 0 Å². The summed E-state index contributed by atoms with van der Waals surface area (Å²) in [6.07, 6.45) is 0.880. The zero-order valence-corrected chi connectivity index (χ0v) is 19.6. The molecule has 0 saturated carbocycles. The molecule has 0 aliphatic heterocycles. The minimum Gasteiger partial charge on any atom is -0.408 e. The van der Waals surface area contributed by atoms with Crippen LogP contribution in [0.15, 0.2) is 12.3 Å². The molecule has 0 aliphatic rings. The van der Waals surface area contributed by atoms with E-state index in [2.05, 4.69) is 46.6 Å². The van der Waals surface area contributed by atoms with E-state index in [9.17, 15) is 0 Å². The second-order valence-corrected chi connectivity index (χ2v) is 18.4. The zero-order valence-electron chi connectivity index (χ0n) is 16.6. The van der Waals surface area contributed by atoms with Gasteiger partial charge in [0.05, 0.1) is 5.22 Å². The van der Waals surface area contributed by atoms with Crippen LogP contribution in [0.5, 0.6) is 0 Å². The Morgan fingerprint density at radius 3 is 1.78 bits per heavy atom. The first-order chi connectivity index (χ1) is 10.4. The van der Waals surface area contributed by atoms with Gasteiger partial charge < -0.3 is 22.1 Å². The number of hydrogen-bond acceptors (Lipinski definition) is 5. The molecule has 0 saturated heterocycles. The molecule has 0 rings (SSSR count). The first-order valence-electron chi connectivity index (χ1n) is 8.06. The van der Waals surface area contributed by atoms with Gasteiger partial charge in [-0.05, 0) is 46.5 Å². The quantitative estimate of drug-likeness (QED) is 0.512. The molecule has 0 radical (unpaired) electrons. The highest BCUT2D eigenvalue weighted by atomic mass is 28.4. The normalized spacial score (nSPS) is 17.7. The van der Waals surface area contributed by atoms with Gasteiger partial charge in [0.2, 0.25) is 16.6 Å². The van der Waals surface area contributed by atoms with Crippen molar-refractivity contribution in [1.82, 2.24) is 0 Å². The lowest BCUT2D eigenvalue weighted by Crippen LogP contribution is -2.65. The van der Waals surface area contributed by atoms with Crippen molar-refractivity contribution in [3.63, 3.8) is 0 Å². The number of hydrogen-bond donors (Lipinski definition) is 0. The summed E-state index contributed by atoms with van der Waals surface area (Å²) in [4.78, 5) is 0. The predicted octanol–water partition coefficient (Wildman–Crippen LogP) is 3.67. The van der Waals surface area contributed by atoms with Crippen LogP contribution < -0.4 is 0 Å². The molecule has 138 valence electrons. The van der Waals surface area contributed by atoms with Gasteiger partial charge in [-0.1, -0.05) is 12.6 Å². The van der Waals surface area contributed by atoms with Gasteiger partial charge in [0.25, 0.3) is 0 Å². The minimum absolute atomic E-state index is 0.257. The molecule has 0 amide bonds. The fourth-order valence-corrected chi connectivity index (χ4v) is 10.7. The highest BCUT2D eigenvalue weighted by Crippen LogP contribution is 2.34. The topological polar surface area (TPSA) is 46.2 Å². The van der Waals surface area contributed by atoms with Crippen LogP contribution in [-0.4, -0.2) is 57.7 Å². The highest BCUT2D eigenvalue weighted by Gasteiger charge is 2.53. The van der Waals surface area contributed by atoms with E-state index < -0.39 is 25.4 Å². The Bertz CT molecular complexity index is 377. The number of rotatable bonds is 11. The van der Waals surface area contributed by atoms with Gasteiger partial charge in [-0.15, -0.1) is 6.58 Å². The first-order valence-corrected chi connectivity index (χ1v) is 15.8. The molecule has 0 fully saturated rings. The maximum Gasteiger partial charge on any atom is 0.528 e. The predicted molar refractivity (Wildman–Crippen MR) is 102 cm³/mol. The molecule has 23 heavy (non-hydrogen) atoms. The first kappa shape index (κ1) is 23.2. The molecule has 2 atom stereocenters. The molecule has 0 heterocycles. The van der Waals surface area contributed by atoms with E-state index in [1.807, 2.05) is 12.6 Å². The van der Waals surface area contributed by atoms with Crippen LogP contribution in [-0.2, 0) is 22.1 Å². The van der Waals surface area contributed by atoms with E-state index in [0.717, 1.165) is 6.42 Å². The molecule has 0 spiro atoms. The Kier molecular flexibility index (Phi) is 8.59. The summed E-state index contributed by atoms with van der Waals surface area (Å²) >= 11 is 0. The lowest BCUT2D eigenvalue weighted by atomic mass is 10.3. The second-order valence-electron chi connectivity index (χ2n) is 6.98. The smallest absolute Gasteiger partial charge is 0.408 e. The molecule has 0 aliphatic carbocycles. The largest absolute Gasteiger partial charge is 0.528 e. The zero-order chi connectivity index (χ0) is 18.5. The van der Waals surface area contributed by atoms with Crippen molar-refractivity contribution in [2.24, 2.45) is 0 Å². The van der Waals surface area contributed by atoms with Crippen molar-refractivity contribution in [3.8, 4) is 0 Å². The average molecular weight is 381 g/mol. The van der Waals surface area contributed by atoms with Gasteiger partial charge in [0.15, 0.2) is 0 Å². The van der Waals surface area contributed by atoms with Crippen molar-refractivity contribution >= 4 is 25.4 Å². The van der Waals surface area contributed by atoms with E-state index in [4.69, 9.17) is 22.1 Å². The van der Waals surface area contributed by atoms with E-state index in [1.54, 1.807) is 21.3 Å². The summed E-state index contributed by atoms with van der Waals surface area (Å²) in [5.74, 6) is 0. The fraction of sp³-hybridized carbons (Fsp3) is 0.867. The lowest BCUT2D eigenvalue weighted by molar-refractivity contribution is 0.0550. The second kappa shape index (κ2) is 8.52. The van der Waals surface area contributed by atoms with Gasteiger partial charge in [0.1, 0.15) is 5.73 Å². The summed E-state index contributed by atoms with van der Waals surface area (Å²) in [5.41, 5.74) is 1.71. The van der Waals surface area contributed by atoms with Crippen molar-refractivity contribution < 1.29 is 22.1 Å². The van der Waals surface area contributed by atoms with Gasteiger partial charge in [-0.2, -0.15) is 0 Å². The SMILES string of the molecule is C=C[Si](C)(C)OC(C)(CC)[Si](C)(C)OC(C)[Si](OC)(OC)OC. The summed E-state index contributed by atoms with van der Waals surface area (Å²) in [7, 11) is -2.19. The molecule has 0 aromatic rings. The third kappa shape index (κ3) is 5.33. The van der Waals surface area contributed by atoms with Crippen LogP contribution in [0.1, 0.15) is 27.2 Å². The van der Waals surface area contributed by atoms with Crippen molar-refractivity contribution in [3.05, 3.63) is 12.3 Å². The third-order valence-electron chi connectivity index (χ3n) is 4.75. The highest BCUT2D eigenvalue weighted by molar-refractivity contribution is 6.80. The summed E-state index contributed by atoms with van der Waals surface area (Å²) < 4.78 is 29.7. The van der Waals surface area contributed by atoms with Crippen molar-refractivity contribution in [1.29, 1.82) is 0 Å². The summed E-state index contributed by atoms with van der Waals surface area (Å²) in [5, 5.41) is -0.319. The fourth-order valence-electron chi connectivity index (χ4n) is 2.63. The van der Waals surface area contributed by atoms with E-state index in [1.165, 1.54) is 0 Å². The Labute approximate surface area is 145 Å². The summed E-state index contributed by atoms with van der Waals surface area (Å²) in [6, 6.07) is 0. The van der Waals surface area contributed by atoms with Crippen LogP contribution in [0.25, 0.3) is 0 Å². The lowest BCUT2D eigenvalue weighted by Gasteiger charge is -2.47. The monoisotopic (exact) mass is 380 g/mol. The van der Waals surface area contributed by atoms with Crippen LogP contribution in [0.2, 0.25) is 26.2 Å². The Morgan fingerprint density at radius 1 is 1.04 bits per heavy atom. The molecule has 0 bridgehead atoms. The molecule has 0 aromatic carbocycles. The van der Waals surface area contributed by atoms with Crippen LogP contribution in [0.3, 0.4) is 0 Å². The molecule has 5 nitrogen and oxygen atoms in total. The Balaban J connectivity index is 5.46. The molecular formula is C15H36O5Si3. The van der Waals surface area contributed by atoms with E-state index in [-0.39, 0.29) is 11.0 Å². The Hall–Kier alpha value is 0.191. The summed E-state index contributed by atoms with van der Waals surface area (Å²) in [6.45, 7) is 18.9. The van der Waals surface area contributed by atoms with Gasteiger partial charge >= 0.3 is 8.80 Å². The van der Waals surface area contributed by atoms with Crippen molar-refractivity contribution in [2.75, 3.05) is 21.3 Å². The third-order valence-corrected chi connectivity index (χ3v) is 13.9. The maximum absolute atomic E-state index is 6.55. The van der Waals surface area contributed by atoms with Gasteiger partial charge in [-0.25, -0.2) is 0 Å². The van der Waals surface area contributed by atoms with E-state index >= 15 is 0 Å². The minimum atomic E-state index is -2.84. The Morgan fingerprint density at radius 2 is 1.48 bits per heavy atom. The maximum atomic E-state index is 6.55. The molecule has 8 heteroatoms. The van der Waals surface area contributed by atoms with E-state index in [0.29, 0.717) is 0 Å². The van der Waals surface area contributed by atoms with Crippen LogP contribution in [0.4, 0.5) is 0 Å². The molecule has 0 aromatic heterocycles. The van der Waals surface area contributed by atoms with Crippen LogP contribution in [0, 0.1) is 0 Å². The molecule has 2 unspecified atom stereocenters. The molecular weight excluding hydrogens is 344 g/mol. The standard InChI is InChI=1S/C15H36O5Si3/c1-12-15(4,20-21(8,9)13-2)22(10,11)19-14(3)23(16-5,17-6)18-7/h13-14H,2,12H2,1,3-11H3. The average Bonchev–Trinajstić information content (AvgIpc) is 2.48. The van der Waals surface area contributed by atoms with Crippen molar-refractivity contribution in [2.45, 2.75) is 64.3 Å².